The molecule has 0 spiro atoms. The van der Waals surface area contributed by atoms with Crippen LogP contribution in [-0.4, -0.2) is 39.3 Å². The second-order valence-electron chi connectivity index (χ2n) is 3.69. The van der Waals surface area contributed by atoms with Crippen molar-refractivity contribution in [2.24, 2.45) is 0 Å². The number of carbonyl (C=O) groups excluding carboxylic acids is 1. The number of carbonyl (C=O) groups is 1. The van der Waals surface area contributed by atoms with E-state index in [-0.39, 0.29) is 5.75 Å². The Morgan fingerprint density at radius 1 is 1.44 bits per heavy atom. The monoisotopic (exact) mass is 289 g/mol. The fourth-order valence-corrected chi connectivity index (χ4v) is 3.57. The van der Waals surface area contributed by atoms with Gasteiger partial charge in [-0.25, -0.2) is 13.2 Å². The van der Waals surface area contributed by atoms with Gasteiger partial charge in [-0.1, -0.05) is 6.07 Å². The van der Waals surface area contributed by atoms with Gasteiger partial charge < -0.3 is 10.5 Å². The molecular formula is C11H15NO4S2. The van der Waals surface area contributed by atoms with Crippen molar-refractivity contribution in [3.05, 3.63) is 23.8 Å². The Hall–Kier alpha value is -1.21. The van der Waals surface area contributed by atoms with Crippen LogP contribution >= 0.6 is 11.8 Å². The molecular weight excluding hydrogens is 274 g/mol. The third kappa shape index (κ3) is 4.23. The molecule has 0 fully saturated rings. The lowest BCUT2D eigenvalue weighted by Crippen LogP contribution is -2.08. The fraction of sp³-hybridized carbons (Fsp3) is 0.364. The highest BCUT2D eigenvalue weighted by Gasteiger charge is 2.15. The molecule has 100 valence electrons. The van der Waals surface area contributed by atoms with Crippen molar-refractivity contribution < 1.29 is 17.9 Å². The summed E-state index contributed by atoms with van der Waals surface area (Å²) in [6, 6.07) is 4.92. The van der Waals surface area contributed by atoms with Crippen LogP contribution in [0.25, 0.3) is 0 Å². The molecule has 0 amide bonds. The van der Waals surface area contributed by atoms with Gasteiger partial charge in [0, 0.05) is 22.6 Å². The van der Waals surface area contributed by atoms with E-state index in [0.29, 0.717) is 21.9 Å². The first-order valence-electron chi connectivity index (χ1n) is 5.12. The summed E-state index contributed by atoms with van der Waals surface area (Å²) in [4.78, 5) is 12.1. The molecule has 0 aliphatic carbocycles. The normalized spacial score (nSPS) is 11.2. The first-order valence-corrected chi connectivity index (χ1v) is 8.17. The standard InChI is InChI=1S/C11H15NO4S2/c1-16-11(13)8-4-3-5-9(12)10(8)17-6-7-18(2,14)15/h3-5H,6-7,12H2,1-2H3. The molecule has 0 aliphatic rings. The molecule has 0 radical (unpaired) electrons. The lowest BCUT2D eigenvalue weighted by atomic mass is 10.2. The van der Waals surface area contributed by atoms with Crippen molar-refractivity contribution in [3.63, 3.8) is 0 Å². The number of methoxy groups -OCH3 is 1. The highest BCUT2D eigenvalue weighted by atomic mass is 32.2. The van der Waals surface area contributed by atoms with Crippen molar-refractivity contribution in [1.82, 2.24) is 0 Å². The van der Waals surface area contributed by atoms with Gasteiger partial charge in [-0.3, -0.25) is 0 Å². The third-order valence-electron chi connectivity index (χ3n) is 2.15. The Labute approximate surface area is 111 Å². The molecule has 0 unspecified atom stereocenters. The lowest BCUT2D eigenvalue weighted by molar-refractivity contribution is 0.0597. The molecule has 18 heavy (non-hydrogen) atoms. The Balaban J connectivity index is 2.90. The molecule has 1 aromatic carbocycles. The van der Waals surface area contributed by atoms with Crippen LogP contribution in [0.1, 0.15) is 10.4 Å². The van der Waals surface area contributed by atoms with E-state index in [2.05, 4.69) is 4.74 Å². The topological polar surface area (TPSA) is 86.5 Å². The molecule has 1 rings (SSSR count). The summed E-state index contributed by atoms with van der Waals surface area (Å²) in [5.74, 6) is -0.104. The summed E-state index contributed by atoms with van der Waals surface area (Å²) in [7, 11) is -1.74. The van der Waals surface area contributed by atoms with Crippen LogP contribution in [-0.2, 0) is 14.6 Å². The lowest BCUT2D eigenvalue weighted by Gasteiger charge is -2.09. The van der Waals surface area contributed by atoms with Crippen molar-refractivity contribution in [2.45, 2.75) is 4.90 Å². The molecule has 0 bridgehead atoms. The minimum Gasteiger partial charge on any atom is -0.465 e. The SMILES string of the molecule is COC(=O)c1cccc(N)c1SCCS(C)(=O)=O. The number of anilines is 1. The van der Waals surface area contributed by atoms with Gasteiger partial charge in [0.15, 0.2) is 0 Å². The van der Waals surface area contributed by atoms with Gasteiger partial charge >= 0.3 is 5.97 Å². The van der Waals surface area contributed by atoms with E-state index in [9.17, 15) is 13.2 Å². The predicted molar refractivity (Wildman–Crippen MR) is 72.6 cm³/mol. The van der Waals surface area contributed by atoms with E-state index in [1.165, 1.54) is 25.1 Å². The highest BCUT2D eigenvalue weighted by molar-refractivity contribution is 8.00. The van der Waals surface area contributed by atoms with E-state index in [0.717, 1.165) is 0 Å². The number of nitrogen functional groups attached to an aromatic ring is 1. The Morgan fingerprint density at radius 2 is 2.11 bits per heavy atom. The molecule has 2 N–H and O–H groups in total. The van der Waals surface area contributed by atoms with Gasteiger partial charge in [0.05, 0.1) is 18.4 Å². The molecule has 0 aliphatic heterocycles. The van der Waals surface area contributed by atoms with Crippen LogP contribution in [0.15, 0.2) is 23.1 Å². The van der Waals surface area contributed by atoms with Crippen molar-refractivity contribution in [3.8, 4) is 0 Å². The minimum absolute atomic E-state index is 0.0343. The molecule has 0 saturated heterocycles. The van der Waals surface area contributed by atoms with Crippen LogP contribution < -0.4 is 5.73 Å². The maximum Gasteiger partial charge on any atom is 0.339 e. The molecule has 0 atom stereocenters. The summed E-state index contributed by atoms with van der Waals surface area (Å²) >= 11 is 1.24. The van der Waals surface area contributed by atoms with E-state index in [4.69, 9.17) is 5.73 Å². The van der Waals surface area contributed by atoms with Gasteiger partial charge in [0.2, 0.25) is 0 Å². The van der Waals surface area contributed by atoms with Crippen LogP contribution in [0.5, 0.6) is 0 Å². The number of benzene rings is 1. The second-order valence-corrected chi connectivity index (χ2v) is 7.06. The summed E-state index contributed by atoms with van der Waals surface area (Å²) in [5.41, 5.74) is 6.58. The van der Waals surface area contributed by atoms with Gasteiger partial charge in [-0.2, -0.15) is 0 Å². The number of hydrogen-bond acceptors (Lipinski definition) is 6. The van der Waals surface area contributed by atoms with E-state index in [1.807, 2.05) is 0 Å². The van der Waals surface area contributed by atoms with Crippen molar-refractivity contribution >= 4 is 33.3 Å². The van der Waals surface area contributed by atoms with Gasteiger partial charge in [-0.15, -0.1) is 11.8 Å². The van der Waals surface area contributed by atoms with E-state index >= 15 is 0 Å². The van der Waals surface area contributed by atoms with Crippen LogP contribution in [0, 0.1) is 0 Å². The first-order chi connectivity index (χ1) is 8.35. The zero-order valence-electron chi connectivity index (χ0n) is 10.2. The fourth-order valence-electron chi connectivity index (χ4n) is 1.28. The van der Waals surface area contributed by atoms with Gasteiger partial charge in [-0.05, 0) is 12.1 Å². The van der Waals surface area contributed by atoms with E-state index in [1.54, 1.807) is 18.2 Å². The largest absolute Gasteiger partial charge is 0.465 e. The summed E-state index contributed by atoms with van der Waals surface area (Å²) < 4.78 is 26.7. The first kappa shape index (κ1) is 14.8. The van der Waals surface area contributed by atoms with Gasteiger partial charge in [0.25, 0.3) is 0 Å². The third-order valence-corrected chi connectivity index (χ3v) is 4.51. The van der Waals surface area contributed by atoms with Crippen LogP contribution in [0.4, 0.5) is 5.69 Å². The maximum atomic E-state index is 11.5. The van der Waals surface area contributed by atoms with E-state index < -0.39 is 15.8 Å². The second kappa shape index (κ2) is 6.10. The molecule has 0 heterocycles. The van der Waals surface area contributed by atoms with Crippen molar-refractivity contribution in [2.75, 3.05) is 30.6 Å². The van der Waals surface area contributed by atoms with Gasteiger partial charge in [0.1, 0.15) is 9.84 Å². The summed E-state index contributed by atoms with van der Waals surface area (Å²) in [6.07, 6.45) is 1.17. The zero-order valence-corrected chi connectivity index (χ0v) is 11.8. The number of esters is 1. The average Bonchev–Trinajstić information content (AvgIpc) is 2.28. The molecule has 5 nitrogen and oxygen atoms in total. The summed E-state index contributed by atoms with van der Waals surface area (Å²) in [6.45, 7) is 0. The Morgan fingerprint density at radius 3 is 2.67 bits per heavy atom. The maximum absolute atomic E-state index is 11.5. The van der Waals surface area contributed by atoms with Crippen molar-refractivity contribution in [1.29, 1.82) is 0 Å². The highest BCUT2D eigenvalue weighted by Crippen LogP contribution is 2.29. The molecule has 1 aromatic rings. The molecule has 0 saturated carbocycles. The number of rotatable bonds is 5. The summed E-state index contributed by atoms with van der Waals surface area (Å²) in [5, 5.41) is 0. The zero-order chi connectivity index (χ0) is 13.8. The number of thioether (sulfide) groups is 1. The Kier molecular flexibility index (Phi) is 5.03. The van der Waals surface area contributed by atoms with Crippen LogP contribution in [0.3, 0.4) is 0 Å². The predicted octanol–water partition coefficient (Wildman–Crippen LogP) is 1.19. The van der Waals surface area contributed by atoms with Crippen LogP contribution in [0.2, 0.25) is 0 Å². The number of ether oxygens (including phenoxy) is 1. The smallest absolute Gasteiger partial charge is 0.339 e. The quantitative estimate of drug-likeness (QED) is 0.498. The molecule has 7 heteroatoms. The Bertz CT molecular complexity index is 540. The number of hydrogen-bond donors (Lipinski definition) is 1. The number of nitrogens with two attached hydrogens (primary N) is 1. The molecule has 0 aromatic heterocycles. The number of sulfone groups is 1. The average molecular weight is 289 g/mol. The minimum atomic E-state index is -3.02.